The van der Waals surface area contributed by atoms with Gasteiger partial charge >= 0.3 is 0 Å². The Hall–Kier alpha value is -1.84. The molecule has 1 aliphatic heterocycles. The lowest BCUT2D eigenvalue weighted by molar-refractivity contribution is -0.125. The van der Waals surface area contributed by atoms with Gasteiger partial charge < -0.3 is 4.74 Å². The fourth-order valence-corrected chi connectivity index (χ4v) is 1.90. The Kier molecular flexibility index (Phi) is 3.13. The van der Waals surface area contributed by atoms with Crippen LogP contribution < -0.4 is 10.1 Å². The lowest BCUT2D eigenvalue weighted by atomic mass is 9.97. The van der Waals surface area contributed by atoms with E-state index in [2.05, 4.69) is 5.32 Å². The van der Waals surface area contributed by atoms with E-state index < -0.39 is 0 Å². The van der Waals surface area contributed by atoms with Crippen molar-refractivity contribution in [2.75, 3.05) is 0 Å². The fraction of sp³-hybridized carbons (Fsp3) is 0.385. The van der Waals surface area contributed by atoms with Crippen molar-refractivity contribution in [3.8, 4) is 5.75 Å². The number of hydrogen-bond acceptors (Lipinski definition) is 3. The van der Waals surface area contributed by atoms with Crippen molar-refractivity contribution >= 4 is 11.8 Å². The molecule has 0 spiro atoms. The molecule has 0 radical (unpaired) electrons. The molecule has 17 heavy (non-hydrogen) atoms. The third kappa shape index (κ3) is 2.64. The smallest absolute Gasteiger partial charge is 0.234 e. The van der Waals surface area contributed by atoms with E-state index in [9.17, 15) is 9.59 Å². The van der Waals surface area contributed by atoms with Crippen LogP contribution in [-0.4, -0.2) is 17.9 Å². The quantitative estimate of drug-likeness (QED) is 0.807. The first-order chi connectivity index (χ1) is 8.06. The van der Waals surface area contributed by atoms with E-state index >= 15 is 0 Å². The Bertz CT molecular complexity index is 454. The monoisotopic (exact) mass is 233 g/mol. The normalized spacial score (nSPS) is 19.6. The van der Waals surface area contributed by atoms with Crippen LogP contribution in [0.25, 0.3) is 0 Å². The average Bonchev–Trinajstić information content (AvgIpc) is 2.57. The summed E-state index contributed by atoms with van der Waals surface area (Å²) in [6.45, 7) is 3.89. The number of carbonyl (C=O) groups excluding carboxylic acids is 2. The predicted octanol–water partition coefficient (Wildman–Crippen LogP) is 1.60. The standard InChI is InChI=1S/C13H15NO3/c1-8(2)17-10-5-3-4-9(6-10)11-7-12(15)14-13(11)16/h3-6,8,11H,7H2,1-2H3,(H,14,15,16)/t11-/m1/s1. The highest BCUT2D eigenvalue weighted by Gasteiger charge is 2.31. The molecular weight excluding hydrogens is 218 g/mol. The highest BCUT2D eigenvalue weighted by Crippen LogP contribution is 2.27. The van der Waals surface area contributed by atoms with Gasteiger partial charge in [0.15, 0.2) is 0 Å². The Morgan fingerprint density at radius 3 is 2.71 bits per heavy atom. The van der Waals surface area contributed by atoms with Crippen LogP contribution >= 0.6 is 0 Å². The van der Waals surface area contributed by atoms with Crippen molar-refractivity contribution in [1.82, 2.24) is 5.32 Å². The lowest BCUT2D eigenvalue weighted by Crippen LogP contribution is -2.21. The van der Waals surface area contributed by atoms with E-state index in [0.717, 1.165) is 11.3 Å². The van der Waals surface area contributed by atoms with Gasteiger partial charge in [-0.25, -0.2) is 0 Å². The SMILES string of the molecule is CC(C)Oc1cccc([C@H]2CC(=O)NC2=O)c1. The second-order valence-corrected chi connectivity index (χ2v) is 4.41. The van der Waals surface area contributed by atoms with Crippen LogP contribution in [0.4, 0.5) is 0 Å². The summed E-state index contributed by atoms with van der Waals surface area (Å²) in [6, 6.07) is 7.35. The van der Waals surface area contributed by atoms with Gasteiger partial charge in [0.2, 0.25) is 11.8 Å². The van der Waals surface area contributed by atoms with Crippen molar-refractivity contribution in [1.29, 1.82) is 0 Å². The summed E-state index contributed by atoms with van der Waals surface area (Å²) in [5, 5.41) is 2.31. The number of hydrogen-bond donors (Lipinski definition) is 1. The van der Waals surface area contributed by atoms with Gasteiger partial charge in [0.1, 0.15) is 5.75 Å². The topological polar surface area (TPSA) is 55.4 Å². The summed E-state index contributed by atoms with van der Waals surface area (Å²) in [6.07, 6.45) is 0.313. The Morgan fingerprint density at radius 2 is 2.12 bits per heavy atom. The van der Waals surface area contributed by atoms with Gasteiger partial charge in [-0.1, -0.05) is 12.1 Å². The minimum Gasteiger partial charge on any atom is -0.491 e. The van der Waals surface area contributed by atoms with Gasteiger partial charge in [-0.15, -0.1) is 0 Å². The number of nitrogens with one attached hydrogen (secondary N) is 1. The molecule has 0 aliphatic carbocycles. The zero-order chi connectivity index (χ0) is 12.4. The molecule has 4 nitrogen and oxygen atoms in total. The summed E-state index contributed by atoms with van der Waals surface area (Å²) in [5.41, 5.74) is 0.825. The van der Waals surface area contributed by atoms with E-state index in [1.165, 1.54) is 0 Å². The molecule has 0 saturated carbocycles. The second-order valence-electron chi connectivity index (χ2n) is 4.41. The Labute approximate surface area is 100.0 Å². The minimum absolute atomic E-state index is 0.0873. The largest absolute Gasteiger partial charge is 0.491 e. The maximum Gasteiger partial charge on any atom is 0.234 e. The molecule has 1 fully saturated rings. The van der Waals surface area contributed by atoms with Crippen LogP contribution in [0.3, 0.4) is 0 Å². The molecule has 1 saturated heterocycles. The number of carbonyl (C=O) groups is 2. The Morgan fingerprint density at radius 1 is 1.35 bits per heavy atom. The molecule has 0 aromatic heterocycles. The Balaban J connectivity index is 2.21. The maximum atomic E-state index is 11.5. The average molecular weight is 233 g/mol. The molecule has 2 rings (SSSR count). The summed E-state index contributed by atoms with van der Waals surface area (Å²) in [5.74, 6) is -0.0882. The summed E-state index contributed by atoms with van der Waals surface area (Å²) in [4.78, 5) is 22.7. The van der Waals surface area contributed by atoms with E-state index in [1.807, 2.05) is 38.1 Å². The number of rotatable bonds is 3. The van der Waals surface area contributed by atoms with E-state index in [0.29, 0.717) is 0 Å². The van der Waals surface area contributed by atoms with Gasteiger partial charge in [-0.05, 0) is 31.5 Å². The first-order valence-electron chi connectivity index (χ1n) is 5.66. The molecule has 1 aliphatic rings. The van der Waals surface area contributed by atoms with Gasteiger partial charge in [0.05, 0.1) is 12.0 Å². The molecule has 0 unspecified atom stereocenters. The third-order valence-electron chi connectivity index (χ3n) is 2.60. The van der Waals surface area contributed by atoms with Crippen LogP contribution in [0.1, 0.15) is 31.7 Å². The zero-order valence-electron chi connectivity index (χ0n) is 9.90. The fourth-order valence-electron chi connectivity index (χ4n) is 1.90. The van der Waals surface area contributed by atoms with Crippen molar-refractivity contribution in [2.24, 2.45) is 0 Å². The zero-order valence-corrected chi connectivity index (χ0v) is 9.90. The molecule has 1 aromatic carbocycles. The van der Waals surface area contributed by atoms with E-state index in [4.69, 9.17) is 4.74 Å². The van der Waals surface area contributed by atoms with Gasteiger partial charge in [-0.2, -0.15) is 0 Å². The molecule has 0 bridgehead atoms. The summed E-state index contributed by atoms with van der Waals surface area (Å²) >= 11 is 0. The van der Waals surface area contributed by atoms with Crippen molar-refractivity contribution in [2.45, 2.75) is 32.3 Å². The summed E-state index contributed by atoms with van der Waals surface area (Å²) < 4.78 is 5.56. The van der Waals surface area contributed by atoms with Crippen LogP contribution in [0.15, 0.2) is 24.3 Å². The van der Waals surface area contributed by atoms with Crippen LogP contribution in [0.2, 0.25) is 0 Å². The van der Waals surface area contributed by atoms with E-state index in [-0.39, 0.29) is 30.3 Å². The second kappa shape index (κ2) is 4.57. The molecule has 2 amide bonds. The molecule has 1 N–H and O–H groups in total. The van der Waals surface area contributed by atoms with Gasteiger partial charge in [-0.3, -0.25) is 14.9 Å². The van der Waals surface area contributed by atoms with Crippen molar-refractivity contribution in [3.63, 3.8) is 0 Å². The molecule has 4 heteroatoms. The predicted molar refractivity (Wildman–Crippen MR) is 62.7 cm³/mol. The number of ether oxygens (including phenoxy) is 1. The number of amides is 2. The first-order valence-corrected chi connectivity index (χ1v) is 5.66. The first kappa shape index (κ1) is 11.6. The third-order valence-corrected chi connectivity index (χ3v) is 2.60. The maximum absolute atomic E-state index is 11.5. The van der Waals surface area contributed by atoms with Gasteiger partial charge in [0.25, 0.3) is 0 Å². The molecular formula is C13H15NO3. The summed E-state index contributed by atoms with van der Waals surface area (Å²) in [7, 11) is 0. The van der Waals surface area contributed by atoms with Crippen LogP contribution in [0.5, 0.6) is 5.75 Å². The van der Waals surface area contributed by atoms with Crippen LogP contribution in [-0.2, 0) is 9.59 Å². The van der Waals surface area contributed by atoms with E-state index in [1.54, 1.807) is 0 Å². The molecule has 90 valence electrons. The minimum atomic E-state index is -0.377. The van der Waals surface area contributed by atoms with Crippen LogP contribution in [0, 0.1) is 0 Å². The lowest BCUT2D eigenvalue weighted by Gasteiger charge is -2.12. The van der Waals surface area contributed by atoms with Crippen molar-refractivity contribution < 1.29 is 14.3 Å². The molecule has 1 heterocycles. The number of imide groups is 1. The molecule has 1 atom stereocenters. The molecule has 1 aromatic rings. The van der Waals surface area contributed by atoms with Crippen molar-refractivity contribution in [3.05, 3.63) is 29.8 Å². The number of benzene rings is 1. The van der Waals surface area contributed by atoms with Gasteiger partial charge in [0, 0.05) is 6.42 Å². The highest BCUT2D eigenvalue weighted by atomic mass is 16.5. The highest BCUT2D eigenvalue weighted by molar-refractivity contribution is 6.06.